The molecule has 5 heteroatoms. The Morgan fingerprint density at radius 2 is 2.27 bits per heavy atom. The van der Waals surface area contributed by atoms with E-state index in [-0.39, 0.29) is 23.7 Å². The highest BCUT2D eigenvalue weighted by atomic mass is 16.5. The molecule has 1 aromatic rings. The van der Waals surface area contributed by atoms with E-state index in [4.69, 9.17) is 20.8 Å². The summed E-state index contributed by atoms with van der Waals surface area (Å²) in [6.07, 6.45) is 0. The molecule has 0 amide bonds. The molecule has 1 aromatic carbocycles. The van der Waals surface area contributed by atoms with E-state index in [1.807, 2.05) is 6.07 Å². The predicted molar refractivity (Wildman–Crippen MR) is 53.4 cm³/mol. The molecule has 1 rings (SSSR count). The third kappa shape index (κ3) is 2.18. The first-order valence-electron chi connectivity index (χ1n) is 4.31. The summed E-state index contributed by atoms with van der Waals surface area (Å²) in [5.74, 6) is 0.191. The molecule has 0 aromatic heterocycles. The number of hydrogen-bond acceptors (Lipinski definition) is 5. The van der Waals surface area contributed by atoms with Crippen molar-refractivity contribution in [3.8, 4) is 17.6 Å². The molecule has 0 fully saturated rings. The number of hydrogen-bond donors (Lipinski definition) is 3. The van der Waals surface area contributed by atoms with Crippen molar-refractivity contribution in [2.24, 2.45) is 5.73 Å². The van der Waals surface area contributed by atoms with Gasteiger partial charge in [0.25, 0.3) is 0 Å². The predicted octanol–water partition coefficient (Wildman–Crippen LogP) is 0.265. The van der Waals surface area contributed by atoms with Crippen LogP contribution in [0.15, 0.2) is 12.1 Å². The molecule has 0 aliphatic heterocycles. The maximum Gasteiger partial charge on any atom is 0.140 e. The average molecular weight is 208 g/mol. The van der Waals surface area contributed by atoms with E-state index in [0.29, 0.717) is 5.56 Å². The Kier molecular flexibility index (Phi) is 3.50. The van der Waals surface area contributed by atoms with Gasteiger partial charge in [-0.15, -0.1) is 0 Å². The molecule has 0 saturated carbocycles. The van der Waals surface area contributed by atoms with E-state index in [1.165, 1.54) is 19.2 Å². The summed E-state index contributed by atoms with van der Waals surface area (Å²) >= 11 is 0. The van der Waals surface area contributed by atoms with Crippen LogP contribution in [0.25, 0.3) is 0 Å². The molecule has 15 heavy (non-hydrogen) atoms. The van der Waals surface area contributed by atoms with Crippen molar-refractivity contribution in [2.45, 2.75) is 6.04 Å². The van der Waals surface area contributed by atoms with Crippen LogP contribution < -0.4 is 10.5 Å². The number of methoxy groups -OCH3 is 1. The lowest BCUT2D eigenvalue weighted by atomic mass is 10.0. The van der Waals surface area contributed by atoms with Gasteiger partial charge in [0.2, 0.25) is 0 Å². The van der Waals surface area contributed by atoms with E-state index >= 15 is 0 Å². The van der Waals surface area contributed by atoms with Crippen molar-refractivity contribution in [1.82, 2.24) is 0 Å². The van der Waals surface area contributed by atoms with Crippen molar-refractivity contribution in [3.63, 3.8) is 0 Å². The number of ether oxygens (including phenoxy) is 1. The van der Waals surface area contributed by atoms with Crippen LogP contribution in [0.5, 0.6) is 11.5 Å². The number of rotatable bonds is 3. The minimum absolute atomic E-state index is 0.0904. The number of nitrogens with two attached hydrogens (primary N) is 1. The molecule has 0 heterocycles. The molecular weight excluding hydrogens is 196 g/mol. The number of nitriles is 1. The van der Waals surface area contributed by atoms with Crippen molar-refractivity contribution in [1.29, 1.82) is 5.26 Å². The zero-order valence-electron chi connectivity index (χ0n) is 8.27. The van der Waals surface area contributed by atoms with Gasteiger partial charge in [-0.05, 0) is 6.07 Å². The third-order valence-electron chi connectivity index (χ3n) is 2.07. The van der Waals surface area contributed by atoms with Gasteiger partial charge in [0, 0.05) is 11.6 Å². The zero-order chi connectivity index (χ0) is 11.4. The molecule has 0 radical (unpaired) electrons. The van der Waals surface area contributed by atoms with E-state index in [1.54, 1.807) is 0 Å². The lowest BCUT2D eigenvalue weighted by Gasteiger charge is -2.12. The third-order valence-corrected chi connectivity index (χ3v) is 2.07. The summed E-state index contributed by atoms with van der Waals surface area (Å²) in [4.78, 5) is 0. The molecule has 1 atom stereocenters. The zero-order valence-corrected chi connectivity index (χ0v) is 8.27. The summed E-state index contributed by atoms with van der Waals surface area (Å²) in [5.41, 5.74) is 6.15. The molecule has 0 saturated heterocycles. The first-order valence-corrected chi connectivity index (χ1v) is 4.31. The highest BCUT2D eigenvalue weighted by molar-refractivity contribution is 5.52. The molecule has 0 aliphatic rings. The fourth-order valence-electron chi connectivity index (χ4n) is 1.24. The minimum Gasteiger partial charge on any atom is -0.507 e. The Labute approximate surface area is 87.3 Å². The van der Waals surface area contributed by atoms with E-state index in [9.17, 15) is 5.11 Å². The van der Waals surface area contributed by atoms with E-state index < -0.39 is 6.04 Å². The summed E-state index contributed by atoms with van der Waals surface area (Å²) < 4.78 is 4.90. The summed E-state index contributed by atoms with van der Waals surface area (Å²) in [6.45, 7) is -0.301. The SMILES string of the molecule is COc1cc(O)c(C(N)CO)cc1C#N. The van der Waals surface area contributed by atoms with Gasteiger partial charge in [0.05, 0.1) is 25.3 Å². The summed E-state index contributed by atoms with van der Waals surface area (Å²) in [7, 11) is 1.40. The lowest BCUT2D eigenvalue weighted by molar-refractivity contribution is 0.265. The van der Waals surface area contributed by atoms with Crippen LogP contribution in [0, 0.1) is 11.3 Å². The van der Waals surface area contributed by atoms with Crippen LogP contribution in [-0.4, -0.2) is 23.9 Å². The van der Waals surface area contributed by atoms with Crippen molar-refractivity contribution >= 4 is 0 Å². The van der Waals surface area contributed by atoms with Gasteiger partial charge in [-0.2, -0.15) is 5.26 Å². The molecular formula is C10H12N2O3. The number of phenols is 1. The fraction of sp³-hybridized carbons (Fsp3) is 0.300. The van der Waals surface area contributed by atoms with Crippen LogP contribution in [0.1, 0.15) is 17.2 Å². The van der Waals surface area contributed by atoms with Crippen molar-refractivity contribution < 1.29 is 14.9 Å². The van der Waals surface area contributed by atoms with Gasteiger partial charge in [0.1, 0.15) is 17.6 Å². The smallest absolute Gasteiger partial charge is 0.140 e. The number of aromatic hydroxyl groups is 1. The Morgan fingerprint density at radius 3 is 2.73 bits per heavy atom. The van der Waals surface area contributed by atoms with Gasteiger partial charge in [-0.1, -0.05) is 0 Å². The van der Waals surface area contributed by atoms with Crippen molar-refractivity contribution in [2.75, 3.05) is 13.7 Å². The average Bonchev–Trinajstić information content (AvgIpc) is 2.27. The standard InChI is InChI=1S/C10H12N2O3/c1-15-10-3-9(14)7(8(12)5-13)2-6(10)4-11/h2-3,8,13-14H,5,12H2,1H3. The Bertz CT molecular complexity index is 398. The van der Waals surface area contributed by atoms with Gasteiger partial charge in [0.15, 0.2) is 0 Å². The summed E-state index contributed by atoms with van der Waals surface area (Å²) in [5, 5.41) is 27.2. The van der Waals surface area contributed by atoms with Crippen LogP contribution in [0.2, 0.25) is 0 Å². The van der Waals surface area contributed by atoms with Crippen molar-refractivity contribution in [3.05, 3.63) is 23.3 Å². The second kappa shape index (κ2) is 4.64. The second-order valence-corrected chi connectivity index (χ2v) is 3.01. The van der Waals surface area contributed by atoms with E-state index in [0.717, 1.165) is 0 Å². The topological polar surface area (TPSA) is 99.5 Å². The minimum atomic E-state index is -0.706. The molecule has 5 nitrogen and oxygen atoms in total. The molecule has 0 bridgehead atoms. The number of phenolic OH excluding ortho intramolecular Hbond substituents is 1. The number of aliphatic hydroxyl groups excluding tert-OH is 1. The molecule has 0 spiro atoms. The molecule has 80 valence electrons. The van der Waals surface area contributed by atoms with Gasteiger partial charge in [-0.25, -0.2) is 0 Å². The second-order valence-electron chi connectivity index (χ2n) is 3.01. The monoisotopic (exact) mass is 208 g/mol. The van der Waals surface area contributed by atoms with Gasteiger partial charge >= 0.3 is 0 Å². The Balaban J connectivity index is 3.27. The maximum atomic E-state index is 9.56. The number of aliphatic hydroxyl groups is 1. The number of benzene rings is 1. The molecule has 1 unspecified atom stereocenters. The van der Waals surface area contributed by atoms with Crippen LogP contribution in [0.4, 0.5) is 0 Å². The molecule has 4 N–H and O–H groups in total. The van der Waals surface area contributed by atoms with E-state index in [2.05, 4.69) is 0 Å². The first-order chi connectivity index (χ1) is 7.13. The van der Waals surface area contributed by atoms with Crippen LogP contribution in [0.3, 0.4) is 0 Å². The van der Waals surface area contributed by atoms with Crippen LogP contribution >= 0.6 is 0 Å². The Morgan fingerprint density at radius 1 is 1.60 bits per heavy atom. The lowest BCUT2D eigenvalue weighted by Crippen LogP contribution is -2.14. The normalized spacial score (nSPS) is 11.9. The quantitative estimate of drug-likeness (QED) is 0.661. The highest BCUT2D eigenvalue weighted by Gasteiger charge is 2.14. The van der Waals surface area contributed by atoms with Crippen LogP contribution in [-0.2, 0) is 0 Å². The maximum absolute atomic E-state index is 9.56. The Hall–Kier alpha value is -1.77. The largest absolute Gasteiger partial charge is 0.507 e. The fourth-order valence-corrected chi connectivity index (χ4v) is 1.24. The summed E-state index contributed by atoms with van der Waals surface area (Å²) in [6, 6.07) is 3.93. The molecule has 0 aliphatic carbocycles. The number of nitrogens with zero attached hydrogens (tertiary/aromatic N) is 1. The van der Waals surface area contributed by atoms with Gasteiger partial charge in [-0.3, -0.25) is 0 Å². The van der Waals surface area contributed by atoms with Gasteiger partial charge < -0.3 is 20.7 Å². The highest BCUT2D eigenvalue weighted by Crippen LogP contribution is 2.30. The first kappa shape index (κ1) is 11.3.